The van der Waals surface area contributed by atoms with Crippen molar-refractivity contribution in [2.45, 2.75) is 19.3 Å². The Morgan fingerprint density at radius 1 is 1.77 bits per heavy atom. The molecule has 13 heavy (non-hydrogen) atoms. The highest BCUT2D eigenvalue weighted by Gasteiger charge is 2.27. The minimum absolute atomic E-state index is 0.198. The van der Waals surface area contributed by atoms with Crippen LogP contribution in [0.1, 0.15) is 16.8 Å². The van der Waals surface area contributed by atoms with Crippen LogP contribution in [-0.2, 0) is 17.1 Å². The lowest BCUT2D eigenvalue weighted by atomic mass is 10.3. The molecule has 0 saturated heterocycles. The second-order valence-corrected chi connectivity index (χ2v) is 3.69. The molecule has 3 nitrogen and oxygen atoms in total. The van der Waals surface area contributed by atoms with Crippen molar-refractivity contribution in [1.82, 2.24) is 4.98 Å². The molecule has 0 bridgehead atoms. The Hall–Kier alpha value is -1.04. The van der Waals surface area contributed by atoms with Gasteiger partial charge < -0.3 is 5.11 Å². The average molecular weight is 207 g/mol. The highest BCUT2D eigenvalue weighted by atomic mass is 32.1. The molecule has 0 atom stereocenters. The number of aliphatic carboxylic acids is 1. The summed E-state index contributed by atoms with van der Waals surface area (Å²) in [5.74, 6) is -4.01. The van der Waals surface area contributed by atoms with Gasteiger partial charge in [-0.05, 0) is 0 Å². The van der Waals surface area contributed by atoms with Crippen LogP contribution in [0.25, 0.3) is 0 Å². The van der Waals surface area contributed by atoms with Crippen molar-refractivity contribution >= 4 is 17.3 Å². The topological polar surface area (TPSA) is 50.2 Å². The van der Waals surface area contributed by atoms with Gasteiger partial charge in [-0.15, -0.1) is 11.3 Å². The summed E-state index contributed by atoms with van der Waals surface area (Å²) in [4.78, 5) is 13.6. The van der Waals surface area contributed by atoms with Gasteiger partial charge in [0, 0.05) is 13.1 Å². The lowest BCUT2D eigenvalue weighted by molar-refractivity contribution is -0.136. The number of halogens is 2. The number of carboxylic acids is 1. The first-order valence-electron chi connectivity index (χ1n) is 3.44. The molecule has 0 aromatic carbocycles. The molecule has 6 heteroatoms. The fraction of sp³-hybridized carbons (Fsp3) is 0.429. The van der Waals surface area contributed by atoms with Gasteiger partial charge in [-0.25, -0.2) is 13.8 Å². The van der Waals surface area contributed by atoms with Gasteiger partial charge in [0.25, 0.3) is 5.92 Å². The van der Waals surface area contributed by atoms with E-state index in [1.54, 1.807) is 0 Å². The van der Waals surface area contributed by atoms with Gasteiger partial charge in [-0.2, -0.15) is 0 Å². The fourth-order valence-corrected chi connectivity index (χ4v) is 1.56. The van der Waals surface area contributed by atoms with Crippen molar-refractivity contribution in [1.29, 1.82) is 0 Å². The van der Waals surface area contributed by atoms with Crippen molar-refractivity contribution in [2.24, 2.45) is 0 Å². The molecule has 0 radical (unpaired) electrons. The van der Waals surface area contributed by atoms with Crippen LogP contribution in [0.4, 0.5) is 8.78 Å². The number of carbonyl (C=O) groups is 1. The summed E-state index contributed by atoms with van der Waals surface area (Å²) in [6.45, 7) is 0.755. The molecule has 0 aliphatic carbocycles. The summed E-state index contributed by atoms with van der Waals surface area (Å²) < 4.78 is 25.3. The smallest absolute Gasteiger partial charge is 0.310 e. The van der Waals surface area contributed by atoms with Gasteiger partial charge in [0.15, 0.2) is 0 Å². The van der Waals surface area contributed by atoms with Gasteiger partial charge in [-0.1, -0.05) is 0 Å². The maximum atomic E-state index is 12.6. The van der Waals surface area contributed by atoms with Crippen molar-refractivity contribution in [2.75, 3.05) is 0 Å². The Bertz CT molecular complexity index is 319. The highest BCUT2D eigenvalue weighted by Crippen LogP contribution is 2.31. The van der Waals surface area contributed by atoms with Crippen LogP contribution in [-0.4, -0.2) is 16.1 Å². The van der Waals surface area contributed by atoms with Crippen LogP contribution in [0, 0.1) is 0 Å². The van der Waals surface area contributed by atoms with Crippen LogP contribution in [0.5, 0.6) is 0 Å². The van der Waals surface area contributed by atoms with Gasteiger partial charge >= 0.3 is 5.97 Å². The zero-order valence-electron chi connectivity index (χ0n) is 6.75. The summed E-state index contributed by atoms with van der Waals surface area (Å²) in [5.41, 5.74) is 0. The lowest BCUT2D eigenvalue weighted by Gasteiger charge is -2.04. The predicted octanol–water partition coefficient (Wildman–Crippen LogP) is 1.88. The van der Waals surface area contributed by atoms with E-state index in [2.05, 4.69) is 4.98 Å². The van der Waals surface area contributed by atoms with E-state index in [4.69, 9.17) is 5.11 Å². The number of thiazole rings is 1. The first-order valence-corrected chi connectivity index (χ1v) is 4.26. The van der Waals surface area contributed by atoms with Crippen LogP contribution < -0.4 is 0 Å². The SMILES string of the molecule is CC(F)(F)c1cnc(CC(=O)O)s1. The molecule has 0 saturated carbocycles. The largest absolute Gasteiger partial charge is 0.481 e. The third-order valence-corrected chi connectivity index (χ3v) is 2.46. The fourth-order valence-electron chi connectivity index (χ4n) is 0.724. The van der Waals surface area contributed by atoms with Gasteiger partial charge in [0.2, 0.25) is 0 Å². The molecule has 72 valence electrons. The Morgan fingerprint density at radius 3 is 2.77 bits per heavy atom. The van der Waals surface area contributed by atoms with Crippen LogP contribution >= 0.6 is 11.3 Å². The number of hydrogen-bond acceptors (Lipinski definition) is 3. The molecular formula is C7H7F2NO2S. The summed E-state index contributed by atoms with van der Waals surface area (Å²) in [6, 6.07) is 0. The first kappa shape index (κ1) is 10.0. The van der Waals surface area contributed by atoms with E-state index < -0.39 is 11.9 Å². The second kappa shape index (κ2) is 3.37. The second-order valence-electron chi connectivity index (χ2n) is 2.58. The molecule has 0 aliphatic rings. The summed E-state index contributed by atoms with van der Waals surface area (Å²) in [5, 5.41) is 8.56. The predicted molar refractivity (Wildman–Crippen MR) is 43.0 cm³/mol. The Balaban J connectivity index is 2.81. The van der Waals surface area contributed by atoms with Gasteiger partial charge in [0.1, 0.15) is 5.01 Å². The quantitative estimate of drug-likeness (QED) is 0.823. The minimum atomic E-state index is -2.94. The zero-order valence-corrected chi connectivity index (χ0v) is 7.57. The van der Waals surface area contributed by atoms with Crippen LogP contribution in [0.15, 0.2) is 6.20 Å². The number of hydrogen-bond donors (Lipinski definition) is 1. The lowest BCUT2D eigenvalue weighted by Crippen LogP contribution is -2.03. The molecule has 1 heterocycles. The molecule has 1 aromatic rings. The number of carboxylic acid groups (broad SMARTS) is 1. The maximum absolute atomic E-state index is 12.6. The molecule has 0 unspecified atom stereocenters. The van der Waals surface area contributed by atoms with E-state index in [-0.39, 0.29) is 16.3 Å². The monoisotopic (exact) mass is 207 g/mol. The van der Waals surface area contributed by atoms with E-state index in [0.717, 1.165) is 24.5 Å². The molecule has 1 N–H and O–H groups in total. The van der Waals surface area contributed by atoms with E-state index in [1.807, 2.05) is 0 Å². The molecule has 1 rings (SSSR count). The summed E-state index contributed by atoms with van der Waals surface area (Å²) >= 11 is 0.726. The summed E-state index contributed by atoms with van der Waals surface area (Å²) in [6.07, 6.45) is 0.712. The first-order chi connectivity index (χ1) is 5.89. The van der Waals surface area contributed by atoms with Crippen LogP contribution in [0.3, 0.4) is 0 Å². The van der Waals surface area contributed by atoms with Crippen molar-refractivity contribution in [3.8, 4) is 0 Å². The van der Waals surface area contributed by atoms with E-state index in [1.165, 1.54) is 0 Å². The molecule has 0 spiro atoms. The highest BCUT2D eigenvalue weighted by molar-refractivity contribution is 7.11. The molecule has 0 aliphatic heterocycles. The summed E-state index contributed by atoms with van der Waals surface area (Å²) in [7, 11) is 0. The maximum Gasteiger partial charge on any atom is 0.310 e. The van der Waals surface area contributed by atoms with Gasteiger partial charge in [0.05, 0.1) is 11.3 Å². The number of rotatable bonds is 3. The van der Waals surface area contributed by atoms with E-state index in [9.17, 15) is 13.6 Å². The number of aromatic nitrogens is 1. The molecular weight excluding hydrogens is 200 g/mol. The van der Waals surface area contributed by atoms with Crippen molar-refractivity contribution < 1.29 is 18.7 Å². The van der Waals surface area contributed by atoms with Crippen molar-refractivity contribution in [3.63, 3.8) is 0 Å². The van der Waals surface area contributed by atoms with E-state index >= 15 is 0 Å². The Labute approximate surface area is 77.0 Å². The standard InChI is InChI=1S/C7H7F2NO2S/c1-7(8,9)4-3-10-5(13-4)2-6(11)12/h3H,2H2,1H3,(H,11,12). The van der Waals surface area contributed by atoms with Crippen LogP contribution in [0.2, 0.25) is 0 Å². The van der Waals surface area contributed by atoms with Gasteiger partial charge in [-0.3, -0.25) is 4.79 Å². The average Bonchev–Trinajstić information content (AvgIpc) is 2.32. The Morgan fingerprint density at radius 2 is 2.38 bits per heavy atom. The van der Waals surface area contributed by atoms with E-state index in [0.29, 0.717) is 0 Å². The zero-order chi connectivity index (χ0) is 10.1. The normalized spacial score (nSPS) is 11.6. The number of nitrogens with zero attached hydrogens (tertiary/aromatic N) is 1. The third kappa shape index (κ3) is 2.73. The Kier molecular flexibility index (Phi) is 2.60. The molecule has 0 amide bonds. The molecule has 1 aromatic heterocycles. The molecule has 0 fully saturated rings. The van der Waals surface area contributed by atoms with Crippen molar-refractivity contribution in [3.05, 3.63) is 16.1 Å². The third-order valence-electron chi connectivity index (χ3n) is 1.29. The minimum Gasteiger partial charge on any atom is -0.481 e. The number of alkyl halides is 2.